The first kappa shape index (κ1) is 14.0. The Morgan fingerprint density at radius 2 is 2.28 bits per heavy atom. The van der Waals surface area contributed by atoms with Gasteiger partial charge in [-0.1, -0.05) is 12.1 Å². The molecule has 1 rings (SSSR count). The van der Waals surface area contributed by atoms with E-state index in [1.165, 1.54) is 0 Å². The Morgan fingerprint density at radius 1 is 1.50 bits per heavy atom. The molecule has 18 heavy (non-hydrogen) atoms. The molecule has 0 aliphatic rings. The number of aryl methyl sites for hydroxylation is 1. The summed E-state index contributed by atoms with van der Waals surface area (Å²) in [4.78, 5) is 13.2. The van der Waals surface area contributed by atoms with Crippen LogP contribution in [0.3, 0.4) is 0 Å². The first-order valence-electron chi connectivity index (χ1n) is 5.94. The van der Waals surface area contributed by atoms with Crippen molar-refractivity contribution in [2.45, 2.75) is 19.8 Å². The summed E-state index contributed by atoms with van der Waals surface area (Å²) in [7, 11) is 1.70. The fraction of sp³-hybridized carbons (Fsp3) is 0.429. The lowest BCUT2D eigenvalue weighted by atomic mass is 10.2. The van der Waals surface area contributed by atoms with Crippen LogP contribution in [0.25, 0.3) is 0 Å². The van der Waals surface area contributed by atoms with E-state index in [1.54, 1.807) is 11.9 Å². The van der Waals surface area contributed by atoms with Crippen molar-refractivity contribution >= 4 is 5.91 Å². The normalized spacial score (nSPS) is 9.61. The summed E-state index contributed by atoms with van der Waals surface area (Å²) in [5.41, 5.74) is 1.13. The van der Waals surface area contributed by atoms with Gasteiger partial charge in [-0.2, -0.15) is 5.26 Å². The van der Waals surface area contributed by atoms with E-state index < -0.39 is 0 Å². The summed E-state index contributed by atoms with van der Waals surface area (Å²) >= 11 is 0. The SMILES string of the molecule is Cc1cccc(OCCC(=O)N(C)CCC#N)c1. The van der Waals surface area contributed by atoms with E-state index in [0.717, 1.165) is 11.3 Å². The fourth-order valence-corrected chi connectivity index (χ4v) is 1.49. The second-order valence-electron chi connectivity index (χ2n) is 4.14. The zero-order chi connectivity index (χ0) is 13.4. The van der Waals surface area contributed by atoms with E-state index in [1.807, 2.05) is 37.3 Å². The van der Waals surface area contributed by atoms with Crippen LogP contribution in [0, 0.1) is 18.3 Å². The number of hydrogen-bond donors (Lipinski definition) is 0. The van der Waals surface area contributed by atoms with Crippen molar-refractivity contribution < 1.29 is 9.53 Å². The van der Waals surface area contributed by atoms with E-state index in [0.29, 0.717) is 26.0 Å². The first-order valence-corrected chi connectivity index (χ1v) is 5.94. The van der Waals surface area contributed by atoms with E-state index in [4.69, 9.17) is 10.00 Å². The number of rotatable bonds is 6. The Hall–Kier alpha value is -2.02. The van der Waals surface area contributed by atoms with Crippen LogP contribution >= 0.6 is 0 Å². The number of hydrogen-bond acceptors (Lipinski definition) is 3. The zero-order valence-corrected chi connectivity index (χ0v) is 10.8. The lowest BCUT2D eigenvalue weighted by Crippen LogP contribution is -2.28. The van der Waals surface area contributed by atoms with Gasteiger partial charge in [0, 0.05) is 13.6 Å². The van der Waals surface area contributed by atoms with Gasteiger partial charge >= 0.3 is 0 Å². The molecule has 0 radical (unpaired) electrons. The van der Waals surface area contributed by atoms with Crippen LogP contribution < -0.4 is 4.74 Å². The number of carbonyl (C=O) groups is 1. The lowest BCUT2D eigenvalue weighted by molar-refractivity contribution is -0.130. The topological polar surface area (TPSA) is 53.3 Å². The average Bonchev–Trinajstić information content (AvgIpc) is 2.35. The smallest absolute Gasteiger partial charge is 0.225 e. The Balaban J connectivity index is 2.29. The maximum Gasteiger partial charge on any atom is 0.225 e. The molecular weight excluding hydrogens is 228 g/mol. The third kappa shape index (κ3) is 4.88. The van der Waals surface area contributed by atoms with Crippen LogP contribution in [0.15, 0.2) is 24.3 Å². The number of nitriles is 1. The van der Waals surface area contributed by atoms with Crippen molar-refractivity contribution in [2.24, 2.45) is 0 Å². The molecule has 0 aliphatic heterocycles. The second kappa shape index (κ2) is 7.33. The van der Waals surface area contributed by atoms with Gasteiger partial charge in [0.1, 0.15) is 5.75 Å². The zero-order valence-electron chi connectivity index (χ0n) is 10.8. The predicted octanol–water partition coefficient (Wildman–Crippen LogP) is 2.14. The molecular formula is C14H18N2O2. The molecule has 0 saturated heterocycles. The number of nitrogens with zero attached hydrogens (tertiary/aromatic N) is 2. The Kier molecular flexibility index (Phi) is 5.72. The Bertz CT molecular complexity index is 438. The molecule has 0 atom stereocenters. The highest BCUT2D eigenvalue weighted by Gasteiger charge is 2.08. The van der Waals surface area contributed by atoms with Gasteiger partial charge in [0.15, 0.2) is 0 Å². The molecule has 96 valence electrons. The highest BCUT2D eigenvalue weighted by atomic mass is 16.5. The first-order chi connectivity index (χ1) is 8.63. The third-order valence-electron chi connectivity index (χ3n) is 2.56. The van der Waals surface area contributed by atoms with Crippen LogP contribution in [0.2, 0.25) is 0 Å². The van der Waals surface area contributed by atoms with Crippen LogP contribution in [0.5, 0.6) is 5.75 Å². The molecule has 0 spiro atoms. The minimum Gasteiger partial charge on any atom is -0.493 e. The molecule has 0 N–H and O–H groups in total. The summed E-state index contributed by atoms with van der Waals surface area (Å²) in [6.07, 6.45) is 0.691. The van der Waals surface area contributed by atoms with Crippen LogP contribution in [0.1, 0.15) is 18.4 Å². The fourth-order valence-electron chi connectivity index (χ4n) is 1.49. The second-order valence-corrected chi connectivity index (χ2v) is 4.14. The number of benzene rings is 1. The molecule has 0 aliphatic carbocycles. The summed E-state index contributed by atoms with van der Waals surface area (Å²) in [6.45, 7) is 2.83. The molecule has 0 aromatic heterocycles. The predicted molar refractivity (Wildman–Crippen MR) is 69.2 cm³/mol. The van der Waals surface area contributed by atoms with Crippen LogP contribution in [-0.4, -0.2) is 31.0 Å². The van der Waals surface area contributed by atoms with Crippen molar-refractivity contribution in [3.63, 3.8) is 0 Å². The highest BCUT2D eigenvalue weighted by molar-refractivity contribution is 5.75. The maximum atomic E-state index is 11.6. The molecule has 1 aromatic rings. The molecule has 1 amide bonds. The summed E-state index contributed by atoms with van der Waals surface area (Å²) < 4.78 is 5.50. The molecule has 4 nitrogen and oxygen atoms in total. The van der Waals surface area contributed by atoms with Gasteiger partial charge in [0.2, 0.25) is 5.91 Å². The minimum absolute atomic E-state index is 0.00194. The monoisotopic (exact) mass is 246 g/mol. The standard InChI is InChI=1S/C14H18N2O2/c1-12-5-3-6-13(11-12)18-10-7-14(17)16(2)9-4-8-15/h3,5-6,11H,4,7,9-10H2,1-2H3. The summed E-state index contributed by atoms with van der Waals surface area (Å²) in [5, 5.41) is 8.43. The number of ether oxygens (including phenoxy) is 1. The largest absolute Gasteiger partial charge is 0.493 e. The van der Waals surface area contributed by atoms with E-state index >= 15 is 0 Å². The minimum atomic E-state index is -0.00194. The van der Waals surface area contributed by atoms with E-state index in [-0.39, 0.29) is 5.91 Å². The molecule has 4 heteroatoms. The Morgan fingerprint density at radius 3 is 2.94 bits per heavy atom. The summed E-state index contributed by atoms with van der Waals surface area (Å²) in [6, 6.07) is 9.74. The molecule has 1 aromatic carbocycles. The van der Waals surface area contributed by atoms with Gasteiger partial charge in [-0.3, -0.25) is 4.79 Å². The van der Waals surface area contributed by atoms with Gasteiger partial charge in [-0.25, -0.2) is 0 Å². The van der Waals surface area contributed by atoms with Gasteiger partial charge in [0.05, 0.1) is 25.5 Å². The lowest BCUT2D eigenvalue weighted by Gasteiger charge is -2.15. The quantitative estimate of drug-likeness (QED) is 0.772. The van der Waals surface area contributed by atoms with Gasteiger partial charge in [0.25, 0.3) is 0 Å². The third-order valence-corrected chi connectivity index (χ3v) is 2.56. The van der Waals surface area contributed by atoms with Gasteiger partial charge < -0.3 is 9.64 Å². The Labute approximate surface area is 108 Å². The number of amides is 1. The highest BCUT2D eigenvalue weighted by Crippen LogP contribution is 2.12. The van der Waals surface area contributed by atoms with Crippen molar-refractivity contribution in [1.82, 2.24) is 4.90 Å². The van der Waals surface area contributed by atoms with Crippen molar-refractivity contribution in [3.8, 4) is 11.8 Å². The average molecular weight is 246 g/mol. The van der Waals surface area contributed by atoms with E-state index in [2.05, 4.69) is 0 Å². The van der Waals surface area contributed by atoms with Crippen LogP contribution in [-0.2, 0) is 4.79 Å². The molecule has 0 fully saturated rings. The maximum absolute atomic E-state index is 11.6. The summed E-state index contributed by atoms with van der Waals surface area (Å²) in [5.74, 6) is 0.778. The van der Waals surface area contributed by atoms with Gasteiger partial charge in [-0.15, -0.1) is 0 Å². The number of carbonyl (C=O) groups excluding carboxylic acids is 1. The molecule has 0 unspecified atom stereocenters. The van der Waals surface area contributed by atoms with Gasteiger partial charge in [-0.05, 0) is 24.6 Å². The van der Waals surface area contributed by atoms with Crippen LogP contribution in [0.4, 0.5) is 0 Å². The molecule has 0 saturated carbocycles. The molecule has 0 bridgehead atoms. The van der Waals surface area contributed by atoms with Crippen molar-refractivity contribution in [3.05, 3.63) is 29.8 Å². The van der Waals surface area contributed by atoms with E-state index in [9.17, 15) is 4.79 Å². The molecule has 0 heterocycles. The van der Waals surface area contributed by atoms with Crippen molar-refractivity contribution in [2.75, 3.05) is 20.2 Å². The van der Waals surface area contributed by atoms with Crippen molar-refractivity contribution in [1.29, 1.82) is 5.26 Å².